The zero-order valence-corrected chi connectivity index (χ0v) is 12.6. The molecule has 2 heterocycles. The Hall–Kier alpha value is -2.63. The maximum Gasteiger partial charge on any atom is 0.297 e. The number of nitrogens with zero attached hydrogens (tertiary/aromatic N) is 2. The molecule has 118 valence electrons. The van der Waals surface area contributed by atoms with Gasteiger partial charge in [0.15, 0.2) is 0 Å². The third kappa shape index (κ3) is 2.50. The molecule has 0 aliphatic heterocycles. The quantitative estimate of drug-likeness (QED) is 0.804. The molecule has 2 aromatic heterocycles. The largest absolute Gasteiger partial charge is 0.448 e. The zero-order valence-electron chi connectivity index (χ0n) is 12.6. The summed E-state index contributed by atoms with van der Waals surface area (Å²) in [6, 6.07) is 7.62. The number of benzene rings is 1. The minimum atomic E-state index is -0.326. The van der Waals surface area contributed by atoms with Crippen LogP contribution in [0.5, 0.6) is 0 Å². The van der Waals surface area contributed by atoms with E-state index in [1.165, 1.54) is 10.9 Å². The Balaban J connectivity index is 1.65. The summed E-state index contributed by atoms with van der Waals surface area (Å²) >= 11 is 0. The van der Waals surface area contributed by atoms with Crippen LogP contribution in [0.2, 0.25) is 0 Å². The van der Waals surface area contributed by atoms with Gasteiger partial charge in [-0.1, -0.05) is 25.0 Å². The van der Waals surface area contributed by atoms with Gasteiger partial charge in [-0.05, 0) is 25.0 Å². The van der Waals surface area contributed by atoms with Crippen molar-refractivity contribution in [3.63, 3.8) is 0 Å². The van der Waals surface area contributed by atoms with Crippen LogP contribution in [-0.4, -0.2) is 21.5 Å². The highest BCUT2D eigenvalue weighted by Crippen LogP contribution is 2.24. The maximum atomic E-state index is 12.5. The highest BCUT2D eigenvalue weighted by molar-refractivity contribution is 6.01. The number of hydrogen-bond donors (Lipinski definition) is 1. The van der Waals surface area contributed by atoms with E-state index in [1.807, 2.05) is 18.2 Å². The lowest BCUT2D eigenvalue weighted by molar-refractivity contribution is -0.122. The van der Waals surface area contributed by atoms with E-state index in [-0.39, 0.29) is 29.6 Å². The van der Waals surface area contributed by atoms with Gasteiger partial charge in [0, 0.05) is 11.4 Å². The predicted molar refractivity (Wildman–Crippen MR) is 86.2 cm³/mol. The number of carbonyl (C=O) groups excluding carboxylic acids is 1. The Labute approximate surface area is 132 Å². The van der Waals surface area contributed by atoms with Crippen molar-refractivity contribution < 1.29 is 9.21 Å². The van der Waals surface area contributed by atoms with Crippen molar-refractivity contribution in [2.24, 2.45) is 0 Å². The van der Waals surface area contributed by atoms with Crippen molar-refractivity contribution in [3.8, 4) is 0 Å². The molecule has 23 heavy (non-hydrogen) atoms. The molecule has 0 saturated heterocycles. The predicted octanol–water partition coefficient (Wildman–Crippen LogP) is 2.20. The lowest BCUT2D eigenvalue weighted by Gasteiger charge is -2.12. The number of amides is 1. The summed E-state index contributed by atoms with van der Waals surface area (Å²) in [6.45, 7) is -0.0324. The molecule has 1 fully saturated rings. The molecule has 6 nitrogen and oxygen atoms in total. The highest BCUT2D eigenvalue weighted by Gasteiger charge is 2.18. The fraction of sp³-hybridized carbons (Fsp3) is 0.353. The normalized spacial score (nSPS) is 15.5. The van der Waals surface area contributed by atoms with Gasteiger partial charge in [-0.25, -0.2) is 4.98 Å². The standard InChI is InChI=1S/C17H17N3O3/c21-14(19-11-5-1-2-6-11)9-20-10-18-15-12-7-3-4-8-13(12)23-16(15)17(20)22/h3-4,7-8,10-11H,1-2,5-6,9H2,(H,19,21). The van der Waals surface area contributed by atoms with Crippen molar-refractivity contribution in [2.75, 3.05) is 0 Å². The molecule has 1 aliphatic rings. The lowest BCUT2D eigenvalue weighted by Crippen LogP contribution is -2.37. The summed E-state index contributed by atoms with van der Waals surface area (Å²) in [4.78, 5) is 28.9. The molecule has 1 saturated carbocycles. The first-order valence-corrected chi connectivity index (χ1v) is 7.88. The van der Waals surface area contributed by atoms with Crippen molar-refractivity contribution in [2.45, 2.75) is 38.3 Å². The number of nitrogens with one attached hydrogen (secondary N) is 1. The first-order valence-electron chi connectivity index (χ1n) is 7.88. The van der Waals surface area contributed by atoms with Crippen LogP contribution in [0.15, 0.2) is 39.8 Å². The van der Waals surface area contributed by atoms with E-state index in [9.17, 15) is 9.59 Å². The number of hydrogen-bond acceptors (Lipinski definition) is 4. The van der Waals surface area contributed by atoms with Gasteiger partial charge < -0.3 is 9.73 Å². The van der Waals surface area contributed by atoms with Gasteiger partial charge in [0.1, 0.15) is 17.6 Å². The van der Waals surface area contributed by atoms with Crippen molar-refractivity contribution in [1.82, 2.24) is 14.9 Å². The Kier molecular flexibility index (Phi) is 3.37. The van der Waals surface area contributed by atoms with Gasteiger partial charge in [0.05, 0.1) is 6.33 Å². The average molecular weight is 311 g/mol. The minimum absolute atomic E-state index is 0.0324. The van der Waals surface area contributed by atoms with E-state index in [2.05, 4.69) is 10.3 Å². The van der Waals surface area contributed by atoms with Crippen LogP contribution in [0.25, 0.3) is 22.1 Å². The zero-order chi connectivity index (χ0) is 15.8. The Bertz CT molecular complexity index is 935. The van der Waals surface area contributed by atoms with Crippen molar-refractivity contribution in [3.05, 3.63) is 40.9 Å². The molecule has 1 aliphatic carbocycles. The number of aromatic nitrogens is 2. The molecule has 0 radical (unpaired) electrons. The Morgan fingerprint density at radius 2 is 2.09 bits per heavy atom. The molecule has 0 unspecified atom stereocenters. The number of carbonyl (C=O) groups is 1. The van der Waals surface area contributed by atoms with E-state index in [0.29, 0.717) is 11.1 Å². The summed E-state index contributed by atoms with van der Waals surface area (Å²) in [6.07, 6.45) is 5.75. The fourth-order valence-corrected chi connectivity index (χ4v) is 3.23. The molecule has 0 bridgehead atoms. The van der Waals surface area contributed by atoms with Gasteiger partial charge in [-0.3, -0.25) is 14.2 Å². The maximum absolute atomic E-state index is 12.5. The summed E-state index contributed by atoms with van der Waals surface area (Å²) < 4.78 is 6.91. The van der Waals surface area contributed by atoms with Crippen LogP contribution in [-0.2, 0) is 11.3 Å². The first-order chi connectivity index (χ1) is 11.2. The molecule has 3 aromatic rings. The van der Waals surface area contributed by atoms with Gasteiger partial charge in [-0.15, -0.1) is 0 Å². The van der Waals surface area contributed by atoms with Crippen LogP contribution < -0.4 is 10.9 Å². The fourth-order valence-electron chi connectivity index (χ4n) is 3.23. The topological polar surface area (TPSA) is 77.1 Å². The Morgan fingerprint density at radius 3 is 2.91 bits per heavy atom. The SMILES string of the molecule is O=C(Cn1cnc2c(oc3ccccc32)c1=O)NC1CCCC1. The van der Waals surface area contributed by atoms with E-state index in [4.69, 9.17) is 4.42 Å². The summed E-state index contributed by atoms with van der Waals surface area (Å²) in [7, 11) is 0. The molecule has 6 heteroatoms. The average Bonchev–Trinajstić information content (AvgIpc) is 3.17. The Morgan fingerprint density at radius 1 is 1.30 bits per heavy atom. The second-order valence-electron chi connectivity index (χ2n) is 6.00. The molecule has 1 aromatic carbocycles. The molecule has 1 amide bonds. The third-order valence-corrected chi connectivity index (χ3v) is 4.38. The van der Waals surface area contributed by atoms with E-state index >= 15 is 0 Å². The summed E-state index contributed by atoms with van der Waals surface area (Å²) in [5.41, 5.74) is 1.04. The van der Waals surface area contributed by atoms with E-state index in [0.717, 1.165) is 31.1 Å². The molecular weight excluding hydrogens is 294 g/mol. The molecular formula is C17H17N3O3. The van der Waals surface area contributed by atoms with Gasteiger partial charge in [0.2, 0.25) is 11.5 Å². The van der Waals surface area contributed by atoms with Gasteiger partial charge in [-0.2, -0.15) is 0 Å². The number of rotatable bonds is 3. The van der Waals surface area contributed by atoms with Crippen molar-refractivity contribution in [1.29, 1.82) is 0 Å². The van der Waals surface area contributed by atoms with Gasteiger partial charge in [0.25, 0.3) is 5.56 Å². The number of para-hydroxylation sites is 1. The third-order valence-electron chi connectivity index (χ3n) is 4.38. The summed E-state index contributed by atoms with van der Waals surface area (Å²) in [5, 5.41) is 3.78. The smallest absolute Gasteiger partial charge is 0.297 e. The van der Waals surface area contributed by atoms with Crippen LogP contribution in [0.4, 0.5) is 0 Å². The molecule has 1 N–H and O–H groups in total. The minimum Gasteiger partial charge on any atom is -0.448 e. The monoisotopic (exact) mass is 311 g/mol. The van der Waals surface area contributed by atoms with Crippen LogP contribution in [0, 0.1) is 0 Å². The lowest BCUT2D eigenvalue weighted by atomic mass is 10.2. The highest BCUT2D eigenvalue weighted by atomic mass is 16.3. The number of fused-ring (bicyclic) bond motifs is 3. The number of furan rings is 1. The van der Waals surface area contributed by atoms with Crippen LogP contribution >= 0.6 is 0 Å². The molecule has 0 atom stereocenters. The van der Waals surface area contributed by atoms with Crippen LogP contribution in [0.3, 0.4) is 0 Å². The molecule has 0 spiro atoms. The molecule has 4 rings (SSSR count). The van der Waals surface area contributed by atoms with E-state index < -0.39 is 0 Å². The summed E-state index contributed by atoms with van der Waals surface area (Å²) in [5.74, 6) is -0.156. The second-order valence-corrected chi connectivity index (χ2v) is 6.00. The van der Waals surface area contributed by atoms with Crippen molar-refractivity contribution >= 4 is 28.0 Å². The second kappa shape index (κ2) is 5.53. The van der Waals surface area contributed by atoms with Crippen LogP contribution in [0.1, 0.15) is 25.7 Å². The van der Waals surface area contributed by atoms with Gasteiger partial charge >= 0.3 is 0 Å². The van der Waals surface area contributed by atoms with E-state index in [1.54, 1.807) is 6.07 Å². The first kappa shape index (κ1) is 14.0.